The number of hydrogen-bond acceptors (Lipinski definition) is 3. The molecular formula is C29H23BrF3O3. The van der Waals surface area contributed by atoms with E-state index in [-0.39, 0.29) is 22.6 Å². The van der Waals surface area contributed by atoms with Crippen molar-refractivity contribution < 1.29 is 27.4 Å². The molecule has 0 N–H and O–H groups in total. The maximum absolute atomic E-state index is 13.8. The highest BCUT2D eigenvalue weighted by Gasteiger charge is 2.34. The Kier molecular flexibility index (Phi) is 7.31. The lowest BCUT2D eigenvalue weighted by molar-refractivity contribution is -0.137. The minimum absolute atomic E-state index is 0.0513. The Hall–Kier alpha value is -3.45. The molecular weight excluding hydrogens is 533 g/mol. The van der Waals surface area contributed by atoms with Crippen LogP contribution < -0.4 is 14.2 Å². The molecule has 0 spiro atoms. The Morgan fingerprint density at radius 1 is 0.722 bits per heavy atom. The van der Waals surface area contributed by atoms with Crippen molar-refractivity contribution in [1.82, 2.24) is 0 Å². The molecule has 0 heterocycles. The van der Waals surface area contributed by atoms with Crippen LogP contribution in [-0.4, -0.2) is 21.3 Å². The molecule has 4 aromatic rings. The van der Waals surface area contributed by atoms with Crippen molar-refractivity contribution >= 4 is 15.9 Å². The molecule has 0 unspecified atom stereocenters. The summed E-state index contributed by atoms with van der Waals surface area (Å²) in [5.41, 5.74) is 4.07. The lowest BCUT2D eigenvalue weighted by Crippen LogP contribution is -2.08. The zero-order valence-electron chi connectivity index (χ0n) is 20.1. The van der Waals surface area contributed by atoms with Crippen LogP contribution in [0.25, 0.3) is 33.4 Å². The van der Waals surface area contributed by atoms with Gasteiger partial charge in [-0.3, -0.25) is 0 Å². The predicted octanol–water partition coefficient (Wildman–Crippen LogP) is 8.60. The van der Waals surface area contributed by atoms with Crippen molar-refractivity contribution in [1.29, 1.82) is 0 Å². The summed E-state index contributed by atoms with van der Waals surface area (Å²) in [7, 11) is 4.40. The first-order valence-corrected chi connectivity index (χ1v) is 11.8. The quantitative estimate of drug-likeness (QED) is 0.238. The molecule has 0 fully saturated rings. The van der Waals surface area contributed by atoms with E-state index in [2.05, 4.69) is 22.0 Å². The van der Waals surface area contributed by atoms with Gasteiger partial charge in [0.2, 0.25) is 0 Å². The van der Waals surface area contributed by atoms with Gasteiger partial charge < -0.3 is 14.2 Å². The summed E-state index contributed by atoms with van der Waals surface area (Å²) in [6.45, 7) is 2.04. The first-order chi connectivity index (χ1) is 17.2. The largest absolute Gasteiger partial charge is 0.496 e. The van der Waals surface area contributed by atoms with Crippen LogP contribution in [0.3, 0.4) is 0 Å². The fourth-order valence-corrected chi connectivity index (χ4v) is 4.71. The van der Waals surface area contributed by atoms with Gasteiger partial charge in [0.15, 0.2) is 0 Å². The van der Waals surface area contributed by atoms with Gasteiger partial charge in [0, 0.05) is 27.2 Å². The third-order valence-electron chi connectivity index (χ3n) is 5.98. The van der Waals surface area contributed by atoms with E-state index in [1.165, 1.54) is 20.3 Å². The van der Waals surface area contributed by atoms with Gasteiger partial charge in [0.25, 0.3) is 0 Å². The molecule has 0 saturated heterocycles. The van der Waals surface area contributed by atoms with E-state index in [9.17, 15) is 13.2 Å². The molecule has 3 nitrogen and oxygen atoms in total. The fraction of sp³-hybridized carbons (Fsp3) is 0.172. The summed E-state index contributed by atoms with van der Waals surface area (Å²) in [6, 6.07) is 21.7. The van der Waals surface area contributed by atoms with Crippen LogP contribution in [0.15, 0.2) is 71.2 Å². The average Bonchev–Trinajstić information content (AvgIpc) is 2.87. The number of methoxy groups -OCH3 is 3. The van der Waals surface area contributed by atoms with Crippen LogP contribution in [0, 0.1) is 13.0 Å². The lowest BCUT2D eigenvalue weighted by atomic mass is 9.93. The van der Waals surface area contributed by atoms with Crippen LogP contribution >= 0.6 is 15.9 Å². The summed E-state index contributed by atoms with van der Waals surface area (Å²) in [5.74, 6) is 1.10. The fourth-order valence-electron chi connectivity index (χ4n) is 4.16. The molecule has 4 aromatic carbocycles. The predicted molar refractivity (Wildman–Crippen MR) is 139 cm³/mol. The van der Waals surface area contributed by atoms with E-state index < -0.39 is 11.7 Å². The zero-order chi connectivity index (χ0) is 26.0. The van der Waals surface area contributed by atoms with E-state index in [0.29, 0.717) is 5.75 Å². The third kappa shape index (κ3) is 4.93. The van der Waals surface area contributed by atoms with Crippen LogP contribution in [0.4, 0.5) is 13.2 Å². The van der Waals surface area contributed by atoms with Crippen molar-refractivity contribution in [2.45, 2.75) is 13.1 Å². The first-order valence-electron chi connectivity index (χ1n) is 11.0. The molecule has 4 rings (SSSR count). The van der Waals surface area contributed by atoms with Gasteiger partial charge in [0.1, 0.15) is 17.2 Å². The van der Waals surface area contributed by atoms with Crippen molar-refractivity contribution in [3.8, 4) is 50.6 Å². The second-order valence-electron chi connectivity index (χ2n) is 8.09. The number of halogens is 4. The molecule has 7 heteroatoms. The van der Waals surface area contributed by atoms with Crippen LogP contribution in [0.1, 0.15) is 11.1 Å². The number of hydrogen-bond donors (Lipinski definition) is 0. The van der Waals surface area contributed by atoms with Crippen LogP contribution in [0.2, 0.25) is 0 Å². The molecule has 0 aliphatic carbocycles. The molecule has 0 aliphatic heterocycles. The third-order valence-corrected chi connectivity index (χ3v) is 6.63. The van der Waals surface area contributed by atoms with E-state index in [1.54, 1.807) is 25.3 Å². The summed E-state index contributed by atoms with van der Waals surface area (Å²) in [4.78, 5) is 0. The first kappa shape index (κ1) is 25.6. The summed E-state index contributed by atoms with van der Waals surface area (Å²) < 4.78 is 58.6. The molecule has 0 atom stereocenters. The van der Waals surface area contributed by atoms with Crippen LogP contribution in [-0.2, 0) is 6.18 Å². The maximum Gasteiger partial charge on any atom is 0.417 e. The Balaban J connectivity index is 1.86. The highest BCUT2D eigenvalue weighted by atomic mass is 79.9. The normalized spacial score (nSPS) is 11.3. The van der Waals surface area contributed by atoms with Crippen molar-refractivity contribution in [3.05, 3.63) is 88.4 Å². The van der Waals surface area contributed by atoms with Crippen LogP contribution in [0.5, 0.6) is 17.2 Å². The van der Waals surface area contributed by atoms with Crippen molar-refractivity contribution in [2.75, 3.05) is 21.3 Å². The minimum Gasteiger partial charge on any atom is -0.496 e. The zero-order valence-corrected chi connectivity index (χ0v) is 21.7. The Labute approximate surface area is 216 Å². The Morgan fingerprint density at radius 3 is 2.06 bits per heavy atom. The van der Waals surface area contributed by atoms with Gasteiger partial charge in [0.05, 0.1) is 26.9 Å². The van der Waals surface area contributed by atoms with Gasteiger partial charge in [-0.25, -0.2) is 0 Å². The monoisotopic (exact) mass is 555 g/mol. The van der Waals surface area contributed by atoms with Gasteiger partial charge in [-0.2, -0.15) is 13.2 Å². The number of rotatable bonds is 6. The Morgan fingerprint density at radius 2 is 1.42 bits per heavy atom. The number of aryl methyl sites for hydroxylation is 1. The SMILES string of the molecule is COc1[c]cc(C(F)(F)F)c(-c2ccc(-c3cc(Br)c(-c4ccccc4C)cc3OC)cc2OC)c1. The molecule has 0 amide bonds. The second kappa shape index (κ2) is 10.3. The lowest BCUT2D eigenvalue weighted by Gasteiger charge is -2.18. The topological polar surface area (TPSA) is 27.7 Å². The highest BCUT2D eigenvalue weighted by Crippen LogP contribution is 2.45. The van der Waals surface area contributed by atoms with E-state index in [1.807, 2.05) is 43.3 Å². The minimum atomic E-state index is -4.57. The summed E-state index contributed by atoms with van der Waals surface area (Å²) in [5, 5.41) is 0. The van der Waals surface area contributed by atoms with Crippen molar-refractivity contribution in [3.63, 3.8) is 0 Å². The summed E-state index contributed by atoms with van der Waals surface area (Å²) >= 11 is 3.68. The molecule has 0 aromatic heterocycles. The van der Waals surface area contributed by atoms with Crippen molar-refractivity contribution in [2.24, 2.45) is 0 Å². The molecule has 0 aliphatic rings. The number of benzene rings is 4. The molecule has 36 heavy (non-hydrogen) atoms. The molecule has 0 saturated carbocycles. The van der Waals surface area contributed by atoms with E-state index in [0.717, 1.165) is 38.4 Å². The van der Waals surface area contributed by atoms with E-state index >= 15 is 0 Å². The summed E-state index contributed by atoms with van der Waals surface area (Å²) in [6.07, 6.45) is -4.57. The average molecular weight is 556 g/mol. The van der Waals surface area contributed by atoms with Gasteiger partial charge in [-0.05, 0) is 59.5 Å². The Bertz CT molecular complexity index is 1410. The molecule has 1 radical (unpaired) electrons. The highest BCUT2D eigenvalue weighted by molar-refractivity contribution is 9.10. The van der Waals surface area contributed by atoms with Gasteiger partial charge in [-0.15, -0.1) is 0 Å². The standard InChI is InChI=1S/C29H23BrF3O3/c1-17-7-5-6-8-20(17)24-16-28(36-4)22(15-26(24)30)18-9-11-21(27(13-18)35-3)23-14-19(34-2)10-12-25(23)29(31,32)33/h5-9,11-16H,1-4H3. The number of ether oxygens (including phenoxy) is 3. The van der Waals surface area contributed by atoms with E-state index in [4.69, 9.17) is 14.2 Å². The van der Waals surface area contributed by atoms with Gasteiger partial charge >= 0.3 is 6.18 Å². The molecule has 185 valence electrons. The maximum atomic E-state index is 13.8. The van der Waals surface area contributed by atoms with Gasteiger partial charge in [-0.1, -0.05) is 52.3 Å². The number of alkyl halides is 3. The second-order valence-corrected chi connectivity index (χ2v) is 8.94. The molecule has 0 bridgehead atoms. The smallest absolute Gasteiger partial charge is 0.417 e.